The molecule has 118 valence electrons. The summed E-state index contributed by atoms with van der Waals surface area (Å²) in [5, 5.41) is 3.92. The van der Waals surface area contributed by atoms with Gasteiger partial charge in [-0.15, -0.1) is 0 Å². The van der Waals surface area contributed by atoms with Crippen molar-refractivity contribution in [1.82, 2.24) is 10.3 Å². The molecule has 1 aliphatic rings. The molecule has 0 saturated carbocycles. The lowest BCUT2D eigenvalue weighted by atomic mass is 9.90. The summed E-state index contributed by atoms with van der Waals surface area (Å²) < 4.78 is 0. The highest BCUT2D eigenvalue weighted by atomic mass is 32.2. The number of rotatable bonds is 3. The van der Waals surface area contributed by atoms with Gasteiger partial charge in [-0.3, -0.25) is 0 Å². The van der Waals surface area contributed by atoms with Crippen LogP contribution in [0.15, 0.2) is 12.1 Å². The van der Waals surface area contributed by atoms with Crippen LogP contribution in [0.4, 0.5) is 5.82 Å². The molecule has 0 radical (unpaired) electrons. The van der Waals surface area contributed by atoms with E-state index in [1.165, 1.54) is 17.0 Å². The predicted molar refractivity (Wildman–Crippen MR) is 94.4 cm³/mol. The Labute approximate surface area is 133 Å². The molecule has 4 heteroatoms. The minimum absolute atomic E-state index is 0.0812. The van der Waals surface area contributed by atoms with Gasteiger partial charge in [0, 0.05) is 41.2 Å². The fourth-order valence-electron chi connectivity index (χ4n) is 2.67. The third-order valence-corrected chi connectivity index (χ3v) is 5.54. The Morgan fingerprint density at radius 3 is 2.67 bits per heavy atom. The molecule has 1 N–H and O–H groups in total. The van der Waals surface area contributed by atoms with Crippen molar-refractivity contribution in [3.63, 3.8) is 0 Å². The zero-order valence-corrected chi connectivity index (χ0v) is 15.0. The maximum Gasteiger partial charge on any atom is 0.129 e. The first-order valence-corrected chi connectivity index (χ1v) is 8.92. The van der Waals surface area contributed by atoms with Gasteiger partial charge in [-0.1, -0.05) is 27.7 Å². The Morgan fingerprint density at radius 2 is 2.05 bits per heavy atom. The molecule has 0 bridgehead atoms. The van der Waals surface area contributed by atoms with Gasteiger partial charge in [-0.05, 0) is 31.7 Å². The Morgan fingerprint density at radius 1 is 1.33 bits per heavy atom. The van der Waals surface area contributed by atoms with E-state index in [0.717, 1.165) is 18.9 Å². The molecule has 0 aliphatic carbocycles. The van der Waals surface area contributed by atoms with Crippen molar-refractivity contribution >= 4 is 17.6 Å². The average molecular weight is 308 g/mol. The van der Waals surface area contributed by atoms with Crippen LogP contribution in [0.5, 0.6) is 0 Å². The Hall–Kier alpha value is -0.740. The van der Waals surface area contributed by atoms with Crippen LogP contribution in [0, 0.1) is 0 Å². The van der Waals surface area contributed by atoms with E-state index in [2.05, 4.69) is 68.7 Å². The van der Waals surface area contributed by atoms with E-state index in [-0.39, 0.29) is 5.41 Å². The van der Waals surface area contributed by atoms with Crippen LogP contribution in [0.25, 0.3) is 0 Å². The van der Waals surface area contributed by atoms with Crippen LogP contribution in [-0.2, 0) is 12.0 Å². The van der Waals surface area contributed by atoms with Gasteiger partial charge in [0.25, 0.3) is 0 Å². The zero-order valence-electron chi connectivity index (χ0n) is 14.2. The van der Waals surface area contributed by atoms with E-state index < -0.39 is 0 Å². The van der Waals surface area contributed by atoms with Crippen LogP contribution in [0.2, 0.25) is 0 Å². The standard InChI is InChI=1S/C17H29N3S/c1-12-13(2)21-8-7-20(12)16-10-14(11-18-6)9-15(19-16)17(3,4)5/h9-10,12-13,18H,7-8,11H2,1-6H3. The van der Waals surface area contributed by atoms with Gasteiger partial charge < -0.3 is 10.2 Å². The van der Waals surface area contributed by atoms with Gasteiger partial charge in [0.2, 0.25) is 0 Å². The molecule has 2 unspecified atom stereocenters. The quantitative estimate of drug-likeness (QED) is 0.926. The summed E-state index contributed by atoms with van der Waals surface area (Å²) in [5.41, 5.74) is 2.59. The molecule has 21 heavy (non-hydrogen) atoms. The lowest BCUT2D eigenvalue weighted by Crippen LogP contribution is -2.45. The summed E-state index contributed by atoms with van der Waals surface area (Å²) in [6.45, 7) is 13.3. The fourth-order valence-corrected chi connectivity index (χ4v) is 3.76. The first kappa shape index (κ1) is 16.6. The summed E-state index contributed by atoms with van der Waals surface area (Å²) in [5.74, 6) is 2.33. The predicted octanol–water partition coefficient (Wildman–Crippen LogP) is 3.43. The maximum absolute atomic E-state index is 4.98. The van der Waals surface area contributed by atoms with Crippen LogP contribution < -0.4 is 10.2 Å². The normalized spacial score (nSPS) is 23.4. The molecular formula is C17H29N3S. The van der Waals surface area contributed by atoms with E-state index in [4.69, 9.17) is 4.98 Å². The van der Waals surface area contributed by atoms with Gasteiger partial charge in [0.1, 0.15) is 5.82 Å². The fraction of sp³-hybridized carbons (Fsp3) is 0.706. The molecule has 0 aromatic carbocycles. The number of nitrogens with one attached hydrogen (secondary N) is 1. The van der Waals surface area contributed by atoms with E-state index in [9.17, 15) is 0 Å². The van der Waals surface area contributed by atoms with Gasteiger partial charge in [0.15, 0.2) is 0 Å². The van der Waals surface area contributed by atoms with Crippen LogP contribution >= 0.6 is 11.8 Å². The molecule has 1 aliphatic heterocycles. The van der Waals surface area contributed by atoms with E-state index in [1.807, 2.05) is 7.05 Å². The van der Waals surface area contributed by atoms with Gasteiger partial charge in [-0.25, -0.2) is 4.98 Å². The summed E-state index contributed by atoms with van der Waals surface area (Å²) in [6.07, 6.45) is 0. The smallest absolute Gasteiger partial charge is 0.129 e. The van der Waals surface area contributed by atoms with Crippen LogP contribution in [0.1, 0.15) is 45.9 Å². The van der Waals surface area contributed by atoms with Crippen molar-refractivity contribution in [3.8, 4) is 0 Å². The second-order valence-electron chi connectivity index (χ2n) is 7.01. The van der Waals surface area contributed by atoms with E-state index >= 15 is 0 Å². The Kier molecular flexibility index (Phi) is 5.20. The first-order valence-electron chi connectivity index (χ1n) is 7.87. The summed E-state index contributed by atoms with van der Waals surface area (Å²) >= 11 is 2.07. The third kappa shape index (κ3) is 3.92. The minimum Gasteiger partial charge on any atom is -0.352 e. The SMILES string of the molecule is CNCc1cc(N2CCSC(C)C2C)nc(C(C)(C)C)c1. The molecule has 2 atom stereocenters. The molecule has 0 spiro atoms. The third-order valence-electron chi connectivity index (χ3n) is 4.20. The average Bonchev–Trinajstić information content (AvgIpc) is 2.41. The lowest BCUT2D eigenvalue weighted by molar-refractivity contribution is 0.560. The Balaban J connectivity index is 2.39. The van der Waals surface area contributed by atoms with Crippen molar-refractivity contribution < 1.29 is 0 Å². The van der Waals surface area contributed by atoms with Crippen molar-refractivity contribution in [1.29, 1.82) is 0 Å². The number of pyridine rings is 1. The van der Waals surface area contributed by atoms with Crippen molar-refractivity contribution in [2.45, 2.75) is 57.9 Å². The summed E-state index contributed by atoms with van der Waals surface area (Å²) in [4.78, 5) is 7.47. The largest absolute Gasteiger partial charge is 0.352 e. The second kappa shape index (κ2) is 6.57. The highest BCUT2D eigenvalue weighted by molar-refractivity contribution is 8.00. The highest BCUT2D eigenvalue weighted by Crippen LogP contribution is 2.30. The maximum atomic E-state index is 4.98. The monoisotopic (exact) mass is 307 g/mol. The van der Waals surface area contributed by atoms with Gasteiger partial charge in [0.05, 0.1) is 0 Å². The molecular weight excluding hydrogens is 278 g/mol. The number of hydrogen-bond acceptors (Lipinski definition) is 4. The van der Waals surface area contributed by atoms with Crippen molar-refractivity contribution in [2.75, 3.05) is 24.2 Å². The van der Waals surface area contributed by atoms with Crippen molar-refractivity contribution in [2.24, 2.45) is 0 Å². The summed E-state index contributed by atoms with van der Waals surface area (Å²) in [6, 6.07) is 5.03. The molecule has 1 saturated heterocycles. The van der Waals surface area contributed by atoms with Gasteiger partial charge >= 0.3 is 0 Å². The highest BCUT2D eigenvalue weighted by Gasteiger charge is 2.27. The van der Waals surface area contributed by atoms with E-state index in [1.54, 1.807) is 0 Å². The topological polar surface area (TPSA) is 28.2 Å². The molecule has 1 fully saturated rings. The molecule has 0 amide bonds. The van der Waals surface area contributed by atoms with E-state index in [0.29, 0.717) is 11.3 Å². The van der Waals surface area contributed by atoms with Crippen LogP contribution in [0.3, 0.4) is 0 Å². The van der Waals surface area contributed by atoms with Crippen LogP contribution in [-0.4, -0.2) is 35.6 Å². The van der Waals surface area contributed by atoms with Crippen molar-refractivity contribution in [3.05, 3.63) is 23.4 Å². The first-order chi connectivity index (χ1) is 9.82. The Bertz CT molecular complexity index is 481. The number of aromatic nitrogens is 1. The molecule has 1 aromatic heterocycles. The second-order valence-corrected chi connectivity index (χ2v) is 8.49. The number of nitrogens with zero attached hydrogens (tertiary/aromatic N) is 2. The zero-order chi connectivity index (χ0) is 15.6. The molecule has 3 nitrogen and oxygen atoms in total. The minimum atomic E-state index is 0.0812. The lowest BCUT2D eigenvalue weighted by Gasteiger charge is -2.39. The molecule has 2 rings (SSSR count). The molecule has 1 aromatic rings. The van der Waals surface area contributed by atoms with Gasteiger partial charge in [-0.2, -0.15) is 11.8 Å². The summed E-state index contributed by atoms with van der Waals surface area (Å²) in [7, 11) is 2.00. The number of hydrogen-bond donors (Lipinski definition) is 1. The molecule has 2 heterocycles. The number of anilines is 1. The number of thioether (sulfide) groups is 1.